The van der Waals surface area contributed by atoms with Crippen LogP contribution in [0.5, 0.6) is 0 Å². The van der Waals surface area contributed by atoms with Gasteiger partial charge in [-0.3, -0.25) is 0 Å². The molecule has 0 spiro atoms. The third-order valence-electron chi connectivity index (χ3n) is 3.32. The first kappa shape index (κ1) is 13.4. The van der Waals surface area contributed by atoms with Crippen molar-refractivity contribution in [1.82, 2.24) is 30.2 Å². The van der Waals surface area contributed by atoms with Crippen LogP contribution in [0.2, 0.25) is 0 Å². The Balaban J connectivity index is 1.89. The van der Waals surface area contributed by atoms with Crippen LogP contribution in [0.1, 0.15) is 31.6 Å². The predicted molar refractivity (Wildman–Crippen MR) is 78.6 cm³/mol. The second kappa shape index (κ2) is 5.84. The van der Waals surface area contributed by atoms with Gasteiger partial charge in [0.15, 0.2) is 0 Å². The minimum absolute atomic E-state index is 0.0496. The summed E-state index contributed by atoms with van der Waals surface area (Å²) < 4.78 is 1.61. The molecule has 0 fully saturated rings. The van der Waals surface area contributed by atoms with E-state index in [0.717, 1.165) is 35.6 Å². The van der Waals surface area contributed by atoms with Crippen LogP contribution < -0.4 is 5.73 Å². The number of nitrogens with one attached hydrogen (secondary N) is 1. The summed E-state index contributed by atoms with van der Waals surface area (Å²) in [6, 6.07) is 7.86. The number of rotatable bonds is 5. The number of H-pyrrole nitrogens is 1. The van der Waals surface area contributed by atoms with Gasteiger partial charge in [-0.05, 0) is 29.0 Å². The topological polar surface area (TPSA) is 98.3 Å². The molecule has 0 aliphatic heterocycles. The van der Waals surface area contributed by atoms with E-state index in [1.807, 2.05) is 30.5 Å². The van der Waals surface area contributed by atoms with E-state index in [4.69, 9.17) is 5.73 Å². The molecule has 0 bridgehead atoms. The molecule has 0 aliphatic carbocycles. The largest absolute Gasteiger partial charge is 0.341 e. The molecular weight excluding hydrogens is 266 g/mol. The zero-order chi connectivity index (χ0) is 14.7. The van der Waals surface area contributed by atoms with Crippen molar-refractivity contribution in [2.45, 2.75) is 25.8 Å². The summed E-state index contributed by atoms with van der Waals surface area (Å²) in [5.74, 6) is 0.819. The Hall–Kier alpha value is -2.54. The first-order valence-corrected chi connectivity index (χ1v) is 6.92. The molecule has 3 aromatic rings. The molecule has 0 saturated carbocycles. The Morgan fingerprint density at radius 2 is 2.29 bits per heavy atom. The Morgan fingerprint density at radius 3 is 3.05 bits per heavy atom. The number of tetrazole rings is 1. The van der Waals surface area contributed by atoms with Gasteiger partial charge in [-0.1, -0.05) is 25.5 Å². The Kier molecular flexibility index (Phi) is 3.74. The summed E-state index contributed by atoms with van der Waals surface area (Å²) in [6.07, 6.45) is 5.32. The van der Waals surface area contributed by atoms with E-state index in [-0.39, 0.29) is 6.04 Å². The highest BCUT2D eigenvalue weighted by Crippen LogP contribution is 2.22. The second-order valence-corrected chi connectivity index (χ2v) is 4.88. The smallest absolute Gasteiger partial charge is 0.143 e. The number of benzene rings is 1. The Morgan fingerprint density at radius 1 is 1.38 bits per heavy atom. The number of hydrogen-bond donors (Lipinski definition) is 2. The van der Waals surface area contributed by atoms with Gasteiger partial charge < -0.3 is 10.7 Å². The highest BCUT2D eigenvalue weighted by atomic mass is 15.5. The summed E-state index contributed by atoms with van der Waals surface area (Å²) in [6.45, 7) is 2.11. The van der Waals surface area contributed by atoms with Crippen LogP contribution in [0.4, 0.5) is 0 Å². The average Bonchev–Trinajstić information content (AvgIpc) is 3.19. The molecule has 0 saturated heterocycles. The molecule has 21 heavy (non-hydrogen) atoms. The van der Waals surface area contributed by atoms with E-state index in [1.54, 1.807) is 11.0 Å². The van der Waals surface area contributed by atoms with Crippen molar-refractivity contribution in [3.63, 3.8) is 0 Å². The monoisotopic (exact) mass is 283 g/mol. The van der Waals surface area contributed by atoms with Crippen molar-refractivity contribution >= 4 is 0 Å². The van der Waals surface area contributed by atoms with Crippen LogP contribution in [0, 0.1) is 0 Å². The van der Waals surface area contributed by atoms with Gasteiger partial charge in [0.25, 0.3) is 0 Å². The normalized spacial score (nSPS) is 12.5. The Bertz CT molecular complexity index is 702. The van der Waals surface area contributed by atoms with Gasteiger partial charge >= 0.3 is 0 Å². The lowest BCUT2D eigenvalue weighted by Gasteiger charge is -2.06. The average molecular weight is 283 g/mol. The molecule has 1 atom stereocenters. The maximum absolute atomic E-state index is 6.08. The molecule has 0 aliphatic rings. The van der Waals surface area contributed by atoms with Crippen LogP contribution in [-0.4, -0.2) is 30.2 Å². The second-order valence-electron chi connectivity index (χ2n) is 4.88. The maximum atomic E-state index is 6.08. The SMILES string of the molecule is CCCC(N)c1ncc(-c2cccc(-n3cnnn3)c2)[nH]1. The van der Waals surface area contributed by atoms with Crippen molar-refractivity contribution < 1.29 is 0 Å². The number of aromatic amines is 1. The fourth-order valence-corrected chi connectivity index (χ4v) is 2.22. The highest BCUT2D eigenvalue weighted by molar-refractivity contribution is 5.61. The van der Waals surface area contributed by atoms with E-state index >= 15 is 0 Å². The number of hydrogen-bond acceptors (Lipinski definition) is 5. The van der Waals surface area contributed by atoms with E-state index in [0.29, 0.717) is 0 Å². The summed E-state index contributed by atoms with van der Waals surface area (Å²) in [5, 5.41) is 11.2. The molecule has 7 nitrogen and oxygen atoms in total. The van der Waals surface area contributed by atoms with Crippen molar-refractivity contribution in [3.05, 3.63) is 42.6 Å². The van der Waals surface area contributed by atoms with Crippen LogP contribution in [0.25, 0.3) is 16.9 Å². The van der Waals surface area contributed by atoms with Crippen LogP contribution >= 0.6 is 0 Å². The van der Waals surface area contributed by atoms with Crippen molar-refractivity contribution in [2.24, 2.45) is 5.73 Å². The number of nitrogens with two attached hydrogens (primary N) is 1. The lowest BCUT2D eigenvalue weighted by atomic mass is 10.1. The first-order valence-electron chi connectivity index (χ1n) is 6.92. The molecule has 2 heterocycles. The molecule has 1 unspecified atom stereocenters. The predicted octanol–water partition coefficient (Wildman–Crippen LogP) is 1.85. The fraction of sp³-hybridized carbons (Fsp3) is 0.286. The number of nitrogens with zero attached hydrogens (tertiary/aromatic N) is 5. The summed E-state index contributed by atoms with van der Waals surface area (Å²) >= 11 is 0. The number of imidazole rings is 1. The minimum Gasteiger partial charge on any atom is -0.341 e. The zero-order valence-electron chi connectivity index (χ0n) is 11.8. The van der Waals surface area contributed by atoms with Crippen LogP contribution in [0.3, 0.4) is 0 Å². The molecule has 0 radical (unpaired) electrons. The van der Waals surface area contributed by atoms with Crippen molar-refractivity contribution in [3.8, 4) is 16.9 Å². The highest BCUT2D eigenvalue weighted by Gasteiger charge is 2.10. The molecule has 108 valence electrons. The van der Waals surface area contributed by atoms with Crippen molar-refractivity contribution in [2.75, 3.05) is 0 Å². The molecule has 2 aromatic heterocycles. The Labute approximate surface area is 122 Å². The zero-order valence-corrected chi connectivity index (χ0v) is 11.8. The fourth-order valence-electron chi connectivity index (χ4n) is 2.22. The summed E-state index contributed by atoms with van der Waals surface area (Å²) in [5.41, 5.74) is 8.93. The third-order valence-corrected chi connectivity index (χ3v) is 3.32. The van der Waals surface area contributed by atoms with E-state index in [2.05, 4.69) is 32.4 Å². The van der Waals surface area contributed by atoms with Gasteiger partial charge in [0, 0.05) is 5.56 Å². The lowest BCUT2D eigenvalue weighted by molar-refractivity contribution is 0.609. The lowest BCUT2D eigenvalue weighted by Crippen LogP contribution is -2.11. The molecule has 0 amide bonds. The molecule has 3 N–H and O–H groups in total. The van der Waals surface area contributed by atoms with Gasteiger partial charge in [-0.2, -0.15) is 0 Å². The maximum Gasteiger partial charge on any atom is 0.143 e. The molecular formula is C14H17N7. The quantitative estimate of drug-likeness (QED) is 0.744. The number of aromatic nitrogens is 6. The molecule has 1 aromatic carbocycles. The summed E-state index contributed by atoms with van der Waals surface area (Å²) in [7, 11) is 0. The van der Waals surface area contributed by atoms with Gasteiger partial charge in [0.2, 0.25) is 0 Å². The first-order chi connectivity index (χ1) is 10.3. The van der Waals surface area contributed by atoms with E-state index in [9.17, 15) is 0 Å². The van der Waals surface area contributed by atoms with Crippen molar-refractivity contribution in [1.29, 1.82) is 0 Å². The van der Waals surface area contributed by atoms with Crippen LogP contribution in [-0.2, 0) is 0 Å². The van der Waals surface area contributed by atoms with Crippen LogP contribution in [0.15, 0.2) is 36.8 Å². The van der Waals surface area contributed by atoms with E-state index in [1.165, 1.54) is 0 Å². The van der Waals surface area contributed by atoms with Gasteiger partial charge in [0.1, 0.15) is 12.2 Å². The van der Waals surface area contributed by atoms with E-state index < -0.39 is 0 Å². The molecule has 3 rings (SSSR count). The standard InChI is InChI=1S/C14H17N7/c1-2-4-12(15)14-16-8-13(18-14)10-5-3-6-11(7-10)21-9-17-19-20-21/h3,5-9,12H,2,4,15H2,1H3,(H,16,18). The minimum atomic E-state index is -0.0496. The molecule has 7 heteroatoms. The summed E-state index contributed by atoms with van der Waals surface area (Å²) in [4.78, 5) is 7.67. The van der Waals surface area contributed by atoms with Gasteiger partial charge in [-0.15, -0.1) is 5.10 Å². The van der Waals surface area contributed by atoms with Gasteiger partial charge in [-0.25, -0.2) is 9.67 Å². The van der Waals surface area contributed by atoms with Gasteiger partial charge in [0.05, 0.1) is 23.6 Å². The third kappa shape index (κ3) is 2.82.